The van der Waals surface area contributed by atoms with Crippen molar-refractivity contribution in [1.29, 1.82) is 0 Å². The van der Waals surface area contributed by atoms with E-state index in [9.17, 15) is 0 Å². The molecule has 0 aliphatic rings. The van der Waals surface area contributed by atoms with E-state index in [4.69, 9.17) is 4.98 Å². The van der Waals surface area contributed by atoms with Gasteiger partial charge in [-0.25, -0.2) is 4.98 Å². The molecule has 0 N–H and O–H groups in total. The van der Waals surface area contributed by atoms with E-state index in [1.807, 2.05) is 12.3 Å². The summed E-state index contributed by atoms with van der Waals surface area (Å²) in [6, 6.07) is 54.6. The maximum Gasteiger partial charge on any atom is 0.145 e. The van der Waals surface area contributed by atoms with E-state index >= 15 is 0 Å². The van der Waals surface area contributed by atoms with E-state index in [2.05, 4.69) is 159 Å². The number of hydrogen-bond donors (Lipinski definition) is 0. The van der Waals surface area contributed by atoms with Gasteiger partial charge in [0.15, 0.2) is 0 Å². The Labute approximate surface area is 258 Å². The van der Waals surface area contributed by atoms with Crippen LogP contribution in [-0.4, -0.2) is 18.7 Å². The van der Waals surface area contributed by atoms with Gasteiger partial charge in [-0.1, -0.05) is 78.9 Å². The third-order valence-corrected chi connectivity index (χ3v) is 9.28. The number of benzene rings is 6. The maximum absolute atomic E-state index is 4.83. The van der Waals surface area contributed by atoms with E-state index in [0.717, 1.165) is 33.6 Å². The van der Waals surface area contributed by atoms with Gasteiger partial charge in [-0.3, -0.25) is 4.57 Å². The molecular weight excluding hydrogens is 548 g/mol. The third-order valence-electron chi connectivity index (χ3n) is 9.28. The van der Waals surface area contributed by atoms with Crippen LogP contribution in [0.5, 0.6) is 0 Å². The largest absolute Gasteiger partial charge is 0.309 e. The van der Waals surface area contributed by atoms with Gasteiger partial charge >= 0.3 is 0 Å². The van der Waals surface area contributed by atoms with E-state index in [-0.39, 0.29) is 0 Å². The van der Waals surface area contributed by atoms with Gasteiger partial charge in [0.2, 0.25) is 0 Å². The highest BCUT2D eigenvalue weighted by atomic mass is 15.1. The Kier molecular flexibility index (Phi) is 4.96. The second-order valence-electron chi connectivity index (χ2n) is 11.7. The lowest BCUT2D eigenvalue weighted by molar-refractivity contribution is 1.13. The second-order valence-corrected chi connectivity index (χ2v) is 11.7. The highest BCUT2D eigenvalue weighted by molar-refractivity contribution is 6.13. The summed E-state index contributed by atoms with van der Waals surface area (Å²) in [6.07, 6.45) is 1.88. The summed E-state index contributed by atoms with van der Waals surface area (Å²) in [7, 11) is 0. The van der Waals surface area contributed by atoms with Crippen molar-refractivity contribution in [1.82, 2.24) is 18.7 Å². The molecule has 0 aliphatic heterocycles. The van der Waals surface area contributed by atoms with Crippen LogP contribution >= 0.6 is 0 Å². The Hall–Kier alpha value is -6.13. The van der Waals surface area contributed by atoms with Gasteiger partial charge in [0.25, 0.3) is 0 Å². The first kappa shape index (κ1) is 24.3. The van der Waals surface area contributed by atoms with E-state index in [0.29, 0.717) is 0 Å². The molecule has 0 atom stereocenters. The third kappa shape index (κ3) is 3.39. The number of hydrogen-bond acceptors (Lipinski definition) is 1. The van der Waals surface area contributed by atoms with Gasteiger partial charge in [0.05, 0.1) is 27.6 Å². The number of aromatic nitrogens is 4. The van der Waals surface area contributed by atoms with Crippen LogP contribution in [0.25, 0.3) is 82.6 Å². The molecule has 0 aliphatic carbocycles. The molecule has 10 rings (SSSR count). The minimum atomic E-state index is 0.965. The average Bonchev–Trinajstić information content (AvgIpc) is 3.74. The molecule has 6 aromatic carbocycles. The molecule has 0 amide bonds. The molecule has 45 heavy (non-hydrogen) atoms. The number of nitrogens with zero attached hydrogens (tertiary/aromatic N) is 4. The molecule has 0 saturated carbocycles. The predicted octanol–water partition coefficient (Wildman–Crippen LogP) is 10.4. The molecule has 0 saturated heterocycles. The minimum Gasteiger partial charge on any atom is -0.309 e. The van der Waals surface area contributed by atoms with Crippen molar-refractivity contribution in [2.45, 2.75) is 0 Å². The molecule has 210 valence electrons. The number of fused-ring (bicyclic) bond motifs is 9. The quantitative estimate of drug-likeness (QED) is 0.206. The van der Waals surface area contributed by atoms with Crippen LogP contribution in [0.3, 0.4) is 0 Å². The van der Waals surface area contributed by atoms with Crippen LogP contribution in [0.2, 0.25) is 0 Å². The average molecular weight is 575 g/mol. The van der Waals surface area contributed by atoms with Crippen molar-refractivity contribution >= 4 is 65.5 Å². The van der Waals surface area contributed by atoms with Gasteiger partial charge in [0, 0.05) is 55.6 Å². The molecule has 4 nitrogen and oxygen atoms in total. The highest BCUT2D eigenvalue weighted by Gasteiger charge is 2.18. The Morgan fingerprint density at radius 2 is 0.822 bits per heavy atom. The van der Waals surface area contributed by atoms with Crippen molar-refractivity contribution in [2.24, 2.45) is 0 Å². The first-order valence-corrected chi connectivity index (χ1v) is 15.3. The van der Waals surface area contributed by atoms with Crippen LogP contribution in [0.15, 0.2) is 158 Å². The van der Waals surface area contributed by atoms with E-state index < -0.39 is 0 Å². The lowest BCUT2D eigenvalue weighted by atomic mass is 10.1. The summed E-state index contributed by atoms with van der Waals surface area (Å²) in [5, 5.41) is 7.34. The fourth-order valence-electron chi connectivity index (χ4n) is 7.39. The number of rotatable bonds is 3. The van der Waals surface area contributed by atoms with Crippen LogP contribution < -0.4 is 0 Å². The maximum atomic E-state index is 4.83. The molecule has 0 bridgehead atoms. The number of pyridine rings is 1. The molecule has 0 spiro atoms. The molecular formula is C41H26N4. The Morgan fingerprint density at radius 1 is 0.311 bits per heavy atom. The first-order chi connectivity index (χ1) is 22.3. The predicted molar refractivity (Wildman–Crippen MR) is 187 cm³/mol. The summed E-state index contributed by atoms with van der Waals surface area (Å²) < 4.78 is 7.08. The molecule has 4 heterocycles. The van der Waals surface area contributed by atoms with Gasteiger partial charge in [-0.05, 0) is 72.8 Å². The van der Waals surface area contributed by atoms with Crippen molar-refractivity contribution < 1.29 is 0 Å². The fourth-order valence-corrected chi connectivity index (χ4v) is 7.39. The van der Waals surface area contributed by atoms with Crippen molar-refractivity contribution in [3.8, 4) is 17.1 Å². The summed E-state index contributed by atoms with van der Waals surface area (Å²) in [5.74, 6) is 0. The smallest absolute Gasteiger partial charge is 0.145 e. The minimum absolute atomic E-state index is 0.965. The van der Waals surface area contributed by atoms with Crippen LogP contribution in [0.1, 0.15) is 0 Å². The second kappa shape index (κ2) is 9.18. The molecule has 10 aromatic rings. The highest BCUT2D eigenvalue weighted by Crippen LogP contribution is 2.38. The van der Waals surface area contributed by atoms with Crippen LogP contribution in [-0.2, 0) is 0 Å². The summed E-state index contributed by atoms with van der Waals surface area (Å²) in [5.41, 5.74) is 10.3. The lowest BCUT2D eigenvalue weighted by Gasteiger charge is -2.12. The molecule has 0 fully saturated rings. The van der Waals surface area contributed by atoms with Crippen molar-refractivity contribution in [3.63, 3.8) is 0 Å². The summed E-state index contributed by atoms with van der Waals surface area (Å²) in [6.45, 7) is 0. The molecule has 4 aromatic heterocycles. The Bertz CT molecular complexity index is 2710. The Balaban J connectivity index is 1.28. The topological polar surface area (TPSA) is 27.7 Å². The van der Waals surface area contributed by atoms with E-state index in [1.165, 1.54) is 49.0 Å². The summed E-state index contributed by atoms with van der Waals surface area (Å²) >= 11 is 0. The van der Waals surface area contributed by atoms with Crippen molar-refractivity contribution in [2.75, 3.05) is 0 Å². The van der Waals surface area contributed by atoms with E-state index in [1.54, 1.807) is 0 Å². The van der Waals surface area contributed by atoms with Gasteiger partial charge < -0.3 is 9.13 Å². The Morgan fingerprint density at radius 3 is 1.51 bits per heavy atom. The molecule has 0 unspecified atom stereocenters. The monoisotopic (exact) mass is 574 g/mol. The van der Waals surface area contributed by atoms with Gasteiger partial charge in [-0.15, -0.1) is 0 Å². The first-order valence-electron chi connectivity index (χ1n) is 15.3. The lowest BCUT2D eigenvalue weighted by Crippen LogP contribution is -1.97. The van der Waals surface area contributed by atoms with Gasteiger partial charge in [0.1, 0.15) is 5.65 Å². The molecule has 4 heteroatoms. The molecule has 0 radical (unpaired) electrons. The zero-order chi connectivity index (χ0) is 29.5. The SMILES string of the molecule is c1ccc(-n2c3ccc(-n4c5ccccc5c5ccc(-n6c7ccccc7c7ccccc76)cc54)cc3c3cccnc32)cc1. The van der Waals surface area contributed by atoms with Crippen LogP contribution in [0, 0.1) is 0 Å². The fraction of sp³-hybridized carbons (Fsp3) is 0. The standard InChI is InChI=1S/C41H26N4/c1-2-11-27(12-3-1)45-39-23-21-28(25-35(39)34-16-10-24-42-41(34)45)44-38-19-9-6-15-32(38)33-22-20-29(26-40(33)44)43-36-17-7-4-13-30(36)31-14-5-8-18-37(31)43/h1-26H. The summed E-state index contributed by atoms with van der Waals surface area (Å²) in [4.78, 5) is 4.83. The van der Waals surface area contributed by atoms with Crippen LogP contribution in [0.4, 0.5) is 0 Å². The number of para-hydroxylation sites is 4. The van der Waals surface area contributed by atoms with Crippen molar-refractivity contribution in [3.05, 3.63) is 158 Å². The normalized spacial score (nSPS) is 12.0. The zero-order valence-electron chi connectivity index (χ0n) is 24.3. The van der Waals surface area contributed by atoms with Gasteiger partial charge in [-0.2, -0.15) is 0 Å². The zero-order valence-corrected chi connectivity index (χ0v) is 24.3.